The number of rotatable bonds is 8. The predicted octanol–water partition coefficient (Wildman–Crippen LogP) is 1.10. The van der Waals surface area contributed by atoms with Gasteiger partial charge in [-0.2, -0.15) is 18.4 Å². The van der Waals surface area contributed by atoms with Crippen molar-refractivity contribution in [2.75, 3.05) is 25.1 Å². The van der Waals surface area contributed by atoms with Gasteiger partial charge in [-0.25, -0.2) is 4.79 Å². The molecule has 2 aromatic rings. The molecule has 146 valence electrons. The number of primary amides is 1. The smallest absolute Gasteiger partial charge is 0.420 e. The van der Waals surface area contributed by atoms with Crippen LogP contribution in [0.4, 0.5) is 10.7 Å². The molecule has 0 bridgehead atoms. The number of carbonyl (C=O) groups excluding carboxylic acids is 1. The lowest BCUT2D eigenvalue weighted by Crippen LogP contribution is -2.44. The highest BCUT2D eigenvalue weighted by Crippen LogP contribution is 2.30. The van der Waals surface area contributed by atoms with Gasteiger partial charge in [-0.3, -0.25) is 0 Å². The number of amides is 2. The summed E-state index contributed by atoms with van der Waals surface area (Å²) in [5.41, 5.74) is 5.22. The fraction of sp³-hybridized carbons (Fsp3) is 0.267. The number of ether oxygens (including phenoxy) is 3. The van der Waals surface area contributed by atoms with Gasteiger partial charge in [-0.05, 0) is 19.1 Å². The molecule has 0 saturated heterocycles. The first-order valence-corrected chi connectivity index (χ1v) is 8.92. The molecule has 0 radical (unpaired) electrons. The zero-order valence-electron chi connectivity index (χ0n) is 14.8. The molecule has 1 aromatic heterocycles. The third-order valence-electron chi connectivity index (χ3n) is 3.04. The molecule has 0 saturated carbocycles. The largest absolute Gasteiger partial charge is 0.490 e. The molecule has 11 nitrogen and oxygen atoms in total. The lowest BCUT2D eigenvalue weighted by atomic mass is 10.3. The van der Waals surface area contributed by atoms with Crippen molar-refractivity contribution in [3.05, 3.63) is 30.3 Å². The molecule has 27 heavy (non-hydrogen) atoms. The number of nitrogens with two attached hydrogens (primary N) is 1. The van der Waals surface area contributed by atoms with Crippen molar-refractivity contribution >= 4 is 22.3 Å². The Balaban J connectivity index is 2.49. The SMILES string of the molecule is CCOc1ccccc1OS(=O)(=O)N(C(N)=O)c1nc(OC)cc(OC)n1. The number of urea groups is 1. The lowest BCUT2D eigenvalue weighted by molar-refractivity contribution is 0.256. The second kappa shape index (κ2) is 8.40. The third-order valence-corrected chi connectivity index (χ3v) is 4.22. The van der Waals surface area contributed by atoms with Gasteiger partial charge < -0.3 is 24.1 Å². The van der Waals surface area contributed by atoms with Crippen molar-refractivity contribution in [2.45, 2.75) is 6.92 Å². The van der Waals surface area contributed by atoms with Gasteiger partial charge in [0.25, 0.3) is 5.95 Å². The molecular formula is C15H18N4O7S. The van der Waals surface area contributed by atoms with Gasteiger partial charge in [-0.15, -0.1) is 4.31 Å². The molecule has 1 heterocycles. The van der Waals surface area contributed by atoms with Crippen molar-refractivity contribution in [3.63, 3.8) is 0 Å². The van der Waals surface area contributed by atoms with Crippen LogP contribution < -0.4 is 28.4 Å². The second-order valence-electron chi connectivity index (χ2n) is 4.78. The van der Waals surface area contributed by atoms with Gasteiger partial charge >= 0.3 is 16.3 Å². The molecule has 0 atom stereocenters. The van der Waals surface area contributed by atoms with E-state index in [1.54, 1.807) is 13.0 Å². The first-order chi connectivity index (χ1) is 12.8. The molecule has 0 aliphatic rings. The highest BCUT2D eigenvalue weighted by Gasteiger charge is 2.34. The molecule has 0 aliphatic carbocycles. The fourth-order valence-corrected chi connectivity index (χ4v) is 2.89. The molecule has 0 unspecified atom stereocenters. The summed E-state index contributed by atoms with van der Waals surface area (Å²) in [6.45, 7) is 1.99. The molecule has 1 aromatic carbocycles. The van der Waals surface area contributed by atoms with Gasteiger partial charge in [0.15, 0.2) is 11.5 Å². The topological polar surface area (TPSA) is 143 Å². The van der Waals surface area contributed by atoms with Crippen LogP contribution in [0.5, 0.6) is 23.3 Å². The van der Waals surface area contributed by atoms with E-state index in [-0.39, 0.29) is 34.2 Å². The molecule has 0 fully saturated rings. The van der Waals surface area contributed by atoms with Crippen molar-refractivity contribution in [1.82, 2.24) is 9.97 Å². The monoisotopic (exact) mass is 398 g/mol. The van der Waals surface area contributed by atoms with E-state index >= 15 is 0 Å². The molecule has 2 N–H and O–H groups in total. The maximum absolute atomic E-state index is 12.7. The van der Waals surface area contributed by atoms with Crippen molar-refractivity contribution in [3.8, 4) is 23.3 Å². The fourth-order valence-electron chi connectivity index (χ4n) is 1.95. The molecule has 0 aliphatic heterocycles. The highest BCUT2D eigenvalue weighted by atomic mass is 32.2. The maximum Gasteiger partial charge on any atom is 0.420 e. The van der Waals surface area contributed by atoms with Crippen LogP contribution in [0.15, 0.2) is 30.3 Å². The van der Waals surface area contributed by atoms with Crippen LogP contribution in [0, 0.1) is 0 Å². The zero-order chi connectivity index (χ0) is 20.0. The summed E-state index contributed by atoms with van der Waals surface area (Å²) in [5.74, 6) is -0.675. The van der Waals surface area contributed by atoms with E-state index in [0.29, 0.717) is 0 Å². The van der Waals surface area contributed by atoms with Crippen molar-refractivity contribution in [1.29, 1.82) is 0 Å². The molecular weight excluding hydrogens is 380 g/mol. The zero-order valence-corrected chi connectivity index (χ0v) is 15.6. The van der Waals surface area contributed by atoms with E-state index in [4.69, 9.17) is 24.1 Å². The second-order valence-corrected chi connectivity index (χ2v) is 6.16. The van der Waals surface area contributed by atoms with Gasteiger partial charge in [0.1, 0.15) is 0 Å². The van der Waals surface area contributed by atoms with Crippen molar-refractivity contribution < 1.29 is 31.6 Å². The van der Waals surface area contributed by atoms with E-state index in [0.717, 1.165) is 0 Å². The Labute approximate surface area is 155 Å². The minimum absolute atomic E-state index is 0.0481. The summed E-state index contributed by atoms with van der Waals surface area (Å²) in [6, 6.07) is 5.93. The number of methoxy groups -OCH3 is 2. The van der Waals surface area contributed by atoms with Gasteiger partial charge in [-0.1, -0.05) is 12.1 Å². The van der Waals surface area contributed by atoms with Gasteiger partial charge in [0, 0.05) is 0 Å². The average molecular weight is 398 g/mol. The Bertz CT molecular complexity index is 898. The van der Waals surface area contributed by atoms with Crippen LogP contribution in [0.3, 0.4) is 0 Å². The first-order valence-electron chi connectivity index (χ1n) is 7.55. The molecule has 2 amide bonds. The highest BCUT2D eigenvalue weighted by molar-refractivity contribution is 7.89. The van der Waals surface area contributed by atoms with Crippen LogP contribution >= 0.6 is 0 Å². The molecule has 12 heteroatoms. The predicted molar refractivity (Wildman–Crippen MR) is 94.4 cm³/mol. The summed E-state index contributed by atoms with van der Waals surface area (Å²) in [7, 11) is -2.19. The minimum Gasteiger partial charge on any atom is -0.490 e. The summed E-state index contributed by atoms with van der Waals surface area (Å²) in [6.07, 6.45) is 0. The van der Waals surface area contributed by atoms with E-state index in [1.165, 1.54) is 38.5 Å². The van der Waals surface area contributed by atoms with E-state index in [9.17, 15) is 13.2 Å². The average Bonchev–Trinajstić information content (AvgIpc) is 2.62. The third kappa shape index (κ3) is 4.67. The van der Waals surface area contributed by atoms with E-state index in [1.807, 2.05) is 0 Å². The first kappa shape index (κ1) is 20.0. The van der Waals surface area contributed by atoms with E-state index in [2.05, 4.69) is 9.97 Å². The normalized spacial score (nSPS) is 10.8. The van der Waals surface area contributed by atoms with Crippen LogP contribution in [0.2, 0.25) is 0 Å². The van der Waals surface area contributed by atoms with Gasteiger partial charge in [0.2, 0.25) is 11.8 Å². The lowest BCUT2D eigenvalue weighted by Gasteiger charge is -2.19. The van der Waals surface area contributed by atoms with Crippen LogP contribution in [0.25, 0.3) is 0 Å². The van der Waals surface area contributed by atoms with Gasteiger partial charge in [0.05, 0.1) is 26.9 Å². The number of benzene rings is 1. The van der Waals surface area contributed by atoms with Crippen molar-refractivity contribution in [2.24, 2.45) is 5.73 Å². The number of para-hydroxylation sites is 2. The Kier molecular flexibility index (Phi) is 6.23. The summed E-state index contributed by atoms with van der Waals surface area (Å²) in [4.78, 5) is 19.5. The number of hydrogen-bond acceptors (Lipinski definition) is 9. The number of anilines is 1. The molecule has 2 rings (SSSR count). The Morgan fingerprint density at radius 2 is 1.67 bits per heavy atom. The Morgan fingerprint density at radius 3 is 2.15 bits per heavy atom. The standard InChI is InChI=1S/C15H18N4O7S/c1-4-25-10-7-5-6-8-11(10)26-27(21,22)19(14(16)20)15-17-12(23-2)9-13(18-15)24-3/h5-9H,4H2,1-3H3,(H2,16,20). The number of aromatic nitrogens is 2. The number of hydrogen-bond donors (Lipinski definition) is 1. The summed E-state index contributed by atoms with van der Waals surface area (Å²) < 4.78 is 45.7. The number of carbonyl (C=O) groups is 1. The van der Waals surface area contributed by atoms with Crippen LogP contribution in [-0.2, 0) is 10.3 Å². The quantitative estimate of drug-likeness (QED) is 0.691. The van der Waals surface area contributed by atoms with E-state index < -0.39 is 22.3 Å². The van der Waals surface area contributed by atoms with Crippen LogP contribution in [0.1, 0.15) is 6.92 Å². The Hall–Kier alpha value is -3.28. The maximum atomic E-state index is 12.7. The molecule has 0 spiro atoms. The Morgan fingerprint density at radius 1 is 1.11 bits per heavy atom. The summed E-state index contributed by atoms with van der Waals surface area (Å²) in [5, 5.41) is 0. The minimum atomic E-state index is -4.78. The number of nitrogens with zero attached hydrogens (tertiary/aromatic N) is 3. The summed E-state index contributed by atoms with van der Waals surface area (Å²) >= 11 is 0. The van der Waals surface area contributed by atoms with Crippen LogP contribution in [-0.4, -0.2) is 45.2 Å².